The molecule has 0 bridgehead atoms. The predicted octanol–water partition coefficient (Wildman–Crippen LogP) is 3.24. The molecule has 68 valence electrons. The molecule has 2 aliphatic rings. The Morgan fingerprint density at radius 3 is 2.85 bits per heavy atom. The number of hydrogen-bond donors (Lipinski definition) is 0. The highest BCUT2D eigenvalue weighted by Gasteiger charge is 2.42. The van der Waals surface area contributed by atoms with E-state index in [1.54, 1.807) is 11.3 Å². The van der Waals surface area contributed by atoms with Gasteiger partial charge in [0, 0.05) is 15.0 Å². The molecule has 2 unspecified atom stereocenters. The quantitative estimate of drug-likeness (QED) is 0.704. The molecule has 1 aromatic heterocycles. The van der Waals surface area contributed by atoms with E-state index in [9.17, 15) is 0 Å². The van der Waals surface area contributed by atoms with E-state index < -0.39 is 0 Å². The maximum atomic E-state index is 4.58. The molecule has 1 aromatic rings. The molecule has 1 saturated carbocycles. The highest BCUT2D eigenvalue weighted by atomic mass is 32.2. The first-order valence-electron chi connectivity index (χ1n) is 4.57. The number of aromatic nitrogens is 1. The second kappa shape index (κ2) is 2.61. The number of fused-ring (bicyclic) bond motifs is 1. The van der Waals surface area contributed by atoms with Gasteiger partial charge in [-0.2, -0.15) is 0 Å². The first-order chi connectivity index (χ1) is 6.24. The molecule has 13 heavy (non-hydrogen) atoms. The molecule has 0 radical (unpaired) electrons. The molecule has 3 heteroatoms. The Morgan fingerprint density at radius 2 is 2.31 bits per heavy atom. The van der Waals surface area contributed by atoms with Crippen molar-refractivity contribution < 1.29 is 0 Å². The lowest BCUT2D eigenvalue weighted by atomic mass is 10.3. The average Bonchev–Trinajstić information content (AvgIpc) is 2.55. The monoisotopic (exact) mass is 209 g/mol. The molecular formula is C10H11NS2. The van der Waals surface area contributed by atoms with Crippen molar-refractivity contribution in [1.29, 1.82) is 0 Å². The minimum Gasteiger partial charge on any atom is -0.241 e. The highest BCUT2D eigenvalue weighted by molar-refractivity contribution is 8.09. The molecule has 0 N–H and O–H groups in total. The smallest absolute Gasteiger partial charge is 0.0904 e. The second-order valence-electron chi connectivity index (χ2n) is 3.72. The van der Waals surface area contributed by atoms with Crippen molar-refractivity contribution in [2.75, 3.05) is 0 Å². The van der Waals surface area contributed by atoms with Crippen molar-refractivity contribution in [3.8, 4) is 0 Å². The van der Waals surface area contributed by atoms with Crippen LogP contribution in [0.25, 0.3) is 4.91 Å². The van der Waals surface area contributed by atoms with E-state index in [0.29, 0.717) is 0 Å². The summed E-state index contributed by atoms with van der Waals surface area (Å²) in [5.41, 5.74) is 1.25. The topological polar surface area (TPSA) is 12.9 Å². The molecule has 1 aliphatic carbocycles. The molecule has 2 heterocycles. The van der Waals surface area contributed by atoms with E-state index in [-0.39, 0.29) is 0 Å². The molecule has 0 amide bonds. The van der Waals surface area contributed by atoms with Crippen LogP contribution in [0.5, 0.6) is 0 Å². The number of thiazole rings is 1. The van der Waals surface area contributed by atoms with Crippen LogP contribution in [0, 0.1) is 19.8 Å². The van der Waals surface area contributed by atoms with Gasteiger partial charge in [-0.3, -0.25) is 0 Å². The predicted molar refractivity (Wildman–Crippen MR) is 59.1 cm³/mol. The van der Waals surface area contributed by atoms with Gasteiger partial charge in [0.25, 0.3) is 0 Å². The Morgan fingerprint density at radius 1 is 1.46 bits per heavy atom. The maximum absolute atomic E-state index is 4.58. The summed E-state index contributed by atoms with van der Waals surface area (Å²) in [5.74, 6) is 0.876. The van der Waals surface area contributed by atoms with Gasteiger partial charge in [-0.15, -0.1) is 23.1 Å². The molecule has 0 spiro atoms. The van der Waals surface area contributed by atoms with Crippen LogP contribution in [0.2, 0.25) is 0 Å². The van der Waals surface area contributed by atoms with Crippen LogP contribution < -0.4 is 0 Å². The van der Waals surface area contributed by atoms with E-state index in [1.807, 2.05) is 11.8 Å². The van der Waals surface area contributed by atoms with Crippen LogP contribution in [0.15, 0.2) is 6.08 Å². The Bertz CT molecular complexity index is 392. The van der Waals surface area contributed by atoms with Gasteiger partial charge >= 0.3 is 0 Å². The van der Waals surface area contributed by atoms with Crippen LogP contribution in [0.3, 0.4) is 0 Å². The lowest BCUT2D eigenvalue weighted by Gasteiger charge is -1.99. The van der Waals surface area contributed by atoms with Crippen molar-refractivity contribution in [1.82, 2.24) is 4.98 Å². The largest absolute Gasteiger partial charge is 0.241 e. The fraction of sp³-hybridized carbons (Fsp3) is 0.500. The van der Waals surface area contributed by atoms with Gasteiger partial charge in [-0.25, -0.2) is 4.98 Å². The summed E-state index contributed by atoms with van der Waals surface area (Å²) < 4.78 is 0. The van der Waals surface area contributed by atoms with Crippen molar-refractivity contribution in [2.45, 2.75) is 25.5 Å². The zero-order valence-corrected chi connectivity index (χ0v) is 9.34. The summed E-state index contributed by atoms with van der Waals surface area (Å²) in [4.78, 5) is 7.38. The number of nitrogens with zero attached hydrogens (tertiary/aromatic N) is 1. The molecule has 3 rings (SSSR count). The second-order valence-corrected chi connectivity index (χ2v) is 6.41. The fourth-order valence-electron chi connectivity index (χ4n) is 1.79. The van der Waals surface area contributed by atoms with Crippen molar-refractivity contribution in [2.24, 2.45) is 5.92 Å². The third-order valence-electron chi connectivity index (χ3n) is 2.56. The number of thioether (sulfide) groups is 1. The summed E-state index contributed by atoms with van der Waals surface area (Å²) >= 11 is 3.83. The van der Waals surface area contributed by atoms with Gasteiger partial charge in [0.1, 0.15) is 0 Å². The molecular weight excluding hydrogens is 198 g/mol. The SMILES string of the molecule is Cc1nc(C2=CC3CC3S2)c(C)s1. The number of hydrogen-bond acceptors (Lipinski definition) is 3. The van der Waals surface area contributed by atoms with E-state index in [1.165, 1.54) is 26.9 Å². The molecule has 0 saturated heterocycles. The lowest BCUT2D eigenvalue weighted by molar-refractivity contribution is 1.14. The van der Waals surface area contributed by atoms with Gasteiger partial charge < -0.3 is 0 Å². The van der Waals surface area contributed by atoms with Gasteiger partial charge in [0.2, 0.25) is 0 Å². The summed E-state index contributed by atoms with van der Waals surface area (Å²) in [6.07, 6.45) is 3.81. The van der Waals surface area contributed by atoms with E-state index in [2.05, 4.69) is 24.9 Å². The van der Waals surface area contributed by atoms with Gasteiger partial charge in [0.05, 0.1) is 10.7 Å². The van der Waals surface area contributed by atoms with Crippen LogP contribution in [-0.2, 0) is 0 Å². The molecule has 2 atom stereocenters. The summed E-state index contributed by atoms with van der Waals surface area (Å²) in [6.45, 7) is 4.26. The third kappa shape index (κ3) is 1.25. The van der Waals surface area contributed by atoms with Crippen molar-refractivity contribution in [3.05, 3.63) is 21.7 Å². The number of aryl methyl sites for hydroxylation is 2. The molecule has 1 fully saturated rings. The Hall–Kier alpha value is -0.280. The average molecular weight is 209 g/mol. The van der Waals surface area contributed by atoms with Crippen LogP contribution in [0.4, 0.5) is 0 Å². The highest BCUT2D eigenvalue weighted by Crippen LogP contribution is 2.56. The zero-order valence-electron chi connectivity index (χ0n) is 7.70. The summed E-state index contributed by atoms with van der Waals surface area (Å²) in [6, 6.07) is 0. The van der Waals surface area contributed by atoms with Gasteiger partial charge in [-0.1, -0.05) is 6.08 Å². The summed E-state index contributed by atoms with van der Waals surface area (Å²) in [7, 11) is 0. The Balaban J connectivity index is 2.00. The van der Waals surface area contributed by atoms with Gasteiger partial charge in [0.15, 0.2) is 0 Å². The van der Waals surface area contributed by atoms with Crippen LogP contribution in [-0.4, -0.2) is 10.2 Å². The van der Waals surface area contributed by atoms with Crippen LogP contribution in [0.1, 0.15) is 22.0 Å². The number of rotatable bonds is 1. The Labute approximate surface area is 86.3 Å². The van der Waals surface area contributed by atoms with E-state index in [0.717, 1.165) is 11.2 Å². The minimum absolute atomic E-state index is 0.876. The molecule has 1 nitrogen and oxygen atoms in total. The maximum Gasteiger partial charge on any atom is 0.0904 e. The Kier molecular flexibility index (Phi) is 1.62. The summed E-state index contributed by atoms with van der Waals surface area (Å²) in [5, 5.41) is 2.09. The standard InChI is InChI=1S/C10H11NS2/c1-5-10(11-6(2)12-5)9-4-7-3-8(7)13-9/h4,7-8H,3H2,1-2H3. The minimum atomic E-state index is 0.876. The normalized spacial score (nSPS) is 30.2. The molecule has 0 aromatic carbocycles. The fourth-order valence-corrected chi connectivity index (χ4v) is 4.15. The zero-order chi connectivity index (χ0) is 9.00. The first-order valence-corrected chi connectivity index (χ1v) is 6.26. The molecule has 1 aliphatic heterocycles. The first kappa shape index (κ1) is 8.06. The number of allylic oxidation sites excluding steroid dienone is 1. The van der Waals surface area contributed by atoms with Crippen molar-refractivity contribution in [3.63, 3.8) is 0 Å². The van der Waals surface area contributed by atoms with Crippen molar-refractivity contribution >= 4 is 28.0 Å². The van der Waals surface area contributed by atoms with E-state index >= 15 is 0 Å². The third-order valence-corrected chi connectivity index (χ3v) is 4.87. The van der Waals surface area contributed by atoms with Crippen LogP contribution >= 0.6 is 23.1 Å². The van der Waals surface area contributed by atoms with Gasteiger partial charge in [-0.05, 0) is 26.2 Å². The lowest BCUT2D eigenvalue weighted by Crippen LogP contribution is -1.82. The van der Waals surface area contributed by atoms with E-state index in [4.69, 9.17) is 0 Å².